The number of piperidine rings is 1. The zero-order chi connectivity index (χ0) is 25.4. The van der Waals surface area contributed by atoms with Crippen molar-refractivity contribution in [3.05, 3.63) is 45.8 Å². The fraction of sp³-hybridized carbons (Fsp3) is 0.500. The van der Waals surface area contributed by atoms with Crippen LogP contribution >= 0.6 is 11.3 Å². The molecule has 35 heavy (non-hydrogen) atoms. The number of hydrogen-bond donors (Lipinski definition) is 3. The van der Waals surface area contributed by atoms with Gasteiger partial charge in [0.05, 0.1) is 16.8 Å². The van der Waals surface area contributed by atoms with E-state index in [0.717, 1.165) is 53.5 Å². The number of fused-ring (bicyclic) bond motifs is 1. The molecule has 1 aliphatic heterocycles. The monoisotopic (exact) mass is 516 g/mol. The highest BCUT2D eigenvalue weighted by molar-refractivity contribution is 7.89. The van der Waals surface area contributed by atoms with Gasteiger partial charge in [-0.2, -0.15) is 0 Å². The predicted octanol–water partition coefficient (Wildman–Crippen LogP) is 4.66. The third-order valence-corrected chi connectivity index (χ3v) is 9.50. The highest BCUT2D eigenvalue weighted by atomic mass is 32.2. The van der Waals surface area contributed by atoms with Crippen LogP contribution in [0.5, 0.6) is 0 Å². The van der Waals surface area contributed by atoms with Gasteiger partial charge in [0.2, 0.25) is 10.0 Å². The van der Waals surface area contributed by atoms with Crippen molar-refractivity contribution in [3.8, 4) is 11.1 Å². The van der Waals surface area contributed by atoms with Crippen LogP contribution in [0, 0.1) is 5.41 Å². The Balaban J connectivity index is 1.62. The first-order valence-corrected chi connectivity index (χ1v) is 14.7. The normalized spacial score (nSPS) is 16.2. The van der Waals surface area contributed by atoms with E-state index in [-0.39, 0.29) is 17.1 Å². The van der Waals surface area contributed by atoms with Gasteiger partial charge in [0.15, 0.2) is 0 Å². The number of H-pyrrole nitrogens is 1. The Morgan fingerprint density at radius 2 is 1.91 bits per heavy atom. The van der Waals surface area contributed by atoms with Crippen LogP contribution < -0.4 is 11.1 Å². The number of carbonyl (C=O) groups is 1. The summed E-state index contributed by atoms with van der Waals surface area (Å²) in [6.07, 6.45) is 3.47. The quantitative estimate of drug-likeness (QED) is 0.405. The molecule has 190 valence electrons. The second-order valence-electron chi connectivity index (χ2n) is 10.6. The van der Waals surface area contributed by atoms with Gasteiger partial charge in [-0.1, -0.05) is 20.8 Å². The van der Waals surface area contributed by atoms with Crippen LogP contribution in [0.1, 0.15) is 67.3 Å². The summed E-state index contributed by atoms with van der Waals surface area (Å²) >= 11 is 1.70. The predicted molar refractivity (Wildman–Crippen MR) is 144 cm³/mol. The van der Waals surface area contributed by atoms with Crippen molar-refractivity contribution in [2.75, 3.05) is 25.4 Å². The van der Waals surface area contributed by atoms with E-state index in [1.54, 1.807) is 22.6 Å². The Bertz CT molecular complexity index is 1310. The van der Waals surface area contributed by atoms with Crippen molar-refractivity contribution >= 4 is 38.2 Å². The summed E-state index contributed by atoms with van der Waals surface area (Å²) in [6, 6.07) is 6.18. The van der Waals surface area contributed by atoms with Gasteiger partial charge in [-0.05, 0) is 71.4 Å². The number of carbonyl (C=O) groups excluding carboxylic acids is 1. The minimum absolute atomic E-state index is 0.129. The highest BCUT2D eigenvalue weighted by Gasteiger charge is 2.29. The van der Waals surface area contributed by atoms with Crippen molar-refractivity contribution in [3.63, 3.8) is 0 Å². The summed E-state index contributed by atoms with van der Waals surface area (Å²) < 4.78 is 26.1. The number of nitrogens with two attached hydrogens (primary N) is 1. The number of sulfonamides is 1. The molecule has 0 aliphatic carbocycles. The van der Waals surface area contributed by atoms with Crippen molar-refractivity contribution in [2.45, 2.75) is 53.0 Å². The molecular formula is C26H36N4O3S2. The zero-order valence-corrected chi connectivity index (χ0v) is 22.6. The van der Waals surface area contributed by atoms with Crippen LogP contribution in [0.25, 0.3) is 22.0 Å². The molecule has 0 radical (unpaired) electrons. The van der Waals surface area contributed by atoms with Crippen LogP contribution in [0.3, 0.4) is 0 Å². The number of nitrogens with one attached hydrogen (secondary N) is 2. The van der Waals surface area contributed by atoms with Gasteiger partial charge in [0, 0.05) is 42.6 Å². The Labute approximate surface area is 212 Å². The summed E-state index contributed by atoms with van der Waals surface area (Å²) in [7, 11) is -3.17. The molecule has 1 amide bonds. The van der Waals surface area contributed by atoms with Gasteiger partial charge in [0.1, 0.15) is 0 Å². The molecule has 9 heteroatoms. The average molecular weight is 517 g/mol. The topological polar surface area (TPSA) is 108 Å². The van der Waals surface area contributed by atoms with Gasteiger partial charge in [0.25, 0.3) is 5.91 Å². The van der Waals surface area contributed by atoms with E-state index < -0.39 is 15.9 Å². The number of thiophene rings is 1. The smallest absolute Gasteiger partial charge is 0.250 e. The molecule has 2 aromatic heterocycles. The number of aromatic nitrogens is 1. The summed E-state index contributed by atoms with van der Waals surface area (Å²) in [6.45, 7) is 11.1. The van der Waals surface area contributed by atoms with Gasteiger partial charge in [-0.15, -0.1) is 11.3 Å². The standard InChI is InChI=1S/C26H36N4O3S2/c1-5-35(32,33)30-8-6-17(7-9-30)23-14-29-24-21(23)11-18(12-22(24)25(27)31)19-10-20(34-15-19)13-28-16-26(2,3)4/h10-12,14-15,17,28-29H,5-9,13,16H2,1-4H3,(H2,27,31). The van der Waals surface area contributed by atoms with Crippen molar-refractivity contribution in [2.24, 2.45) is 11.1 Å². The Morgan fingerprint density at radius 3 is 2.54 bits per heavy atom. The largest absolute Gasteiger partial charge is 0.366 e. The first-order chi connectivity index (χ1) is 16.5. The lowest BCUT2D eigenvalue weighted by atomic mass is 9.88. The maximum Gasteiger partial charge on any atom is 0.250 e. The second-order valence-corrected chi connectivity index (χ2v) is 13.8. The van der Waals surface area contributed by atoms with E-state index in [4.69, 9.17) is 5.73 Å². The van der Waals surface area contributed by atoms with Crippen LogP contribution in [0.15, 0.2) is 29.8 Å². The van der Waals surface area contributed by atoms with Crippen molar-refractivity contribution < 1.29 is 13.2 Å². The number of primary amides is 1. The fourth-order valence-corrected chi connectivity index (χ4v) is 6.76. The van der Waals surface area contributed by atoms with Gasteiger partial charge < -0.3 is 16.0 Å². The molecule has 0 unspecified atom stereocenters. The molecule has 0 bridgehead atoms. The van der Waals surface area contributed by atoms with Gasteiger partial charge >= 0.3 is 0 Å². The van der Waals surface area contributed by atoms with E-state index in [1.165, 1.54) is 4.88 Å². The molecule has 0 atom stereocenters. The summed E-state index contributed by atoms with van der Waals surface area (Å²) in [5.74, 6) is -0.108. The number of amides is 1. The first-order valence-electron chi connectivity index (χ1n) is 12.2. The molecule has 4 rings (SSSR count). The SMILES string of the molecule is CCS(=O)(=O)N1CCC(c2c[nH]c3c(C(N)=O)cc(-c4csc(CNCC(C)(C)C)c4)cc23)CC1. The first kappa shape index (κ1) is 25.9. The maximum absolute atomic E-state index is 12.3. The zero-order valence-electron chi connectivity index (χ0n) is 21.0. The molecule has 3 heterocycles. The molecule has 7 nitrogen and oxygen atoms in total. The van der Waals surface area contributed by atoms with Crippen molar-refractivity contribution in [1.82, 2.24) is 14.6 Å². The Hall–Kier alpha value is -2.20. The number of rotatable bonds is 8. The fourth-order valence-electron chi connectivity index (χ4n) is 4.76. The molecule has 0 saturated carbocycles. The molecule has 0 spiro atoms. The van der Waals surface area contributed by atoms with Crippen LogP contribution in [0.2, 0.25) is 0 Å². The van der Waals surface area contributed by atoms with E-state index in [0.29, 0.717) is 18.7 Å². The molecule has 1 aliphatic rings. The molecule has 1 saturated heterocycles. The third-order valence-electron chi connectivity index (χ3n) is 6.68. The maximum atomic E-state index is 12.3. The van der Waals surface area contributed by atoms with E-state index in [9.17, 15) is 13.2 Å². The number of aromatic amines is 1. The lowest BCUT2D eigenvalue weighted by molar-refractivity contribution is 0.100. The van der Waals surface area contributed by atoms with Gasteiger partial charge in [-0.25, -0.2) is 12.7 Å². The lowest BCUT2D eigenvalue weighted by Gasteiger charge is -2.31. The van der Waals surface area contributed by atoms with Gasteiger partial charge in [-0.3, -0.25) is 4.79 Å². The van der Waals surface area contributed by atoms with E-state index in [1.807, 2.05) is 12.3 Å². The molecule has 4 N–H and O–H groups in total. The Morgan fingerprint density at radius 1 is 1.20 bits per heavy atom. The molecular weight excluding hydrogens is 480 g/mol. The minimum atomic E-state index is -3.17. The number of benzene rings is 1. The minimum Gasteiger partial charge on any atom is -0.366 e. The van der Waals surface area contributed by atoms with Crippen molar-refractivity contribution in [1.29, 1.82) is 0 Å². The number of nitrogens with zero attached hydrogens (tertiary/aromatic N) is 1. The van der Waals surface area contributed by atoms with E-state index in [2.05, 4.69) is 48.6 Å². The molecule has 3 aromatic rings. The Kier molecular flexibility index (Phi) is 7.43. The van der Waals surface area contributed by atoms with E-state index >= 15 is 0 Å². The molecule has 1 aromatic carbocycles. The van der Waals surface area contributed by atoms with Crippen LogP contribution in [0.4, 0.5) is 0 Å². The van der Waals surface area contributed by atoms with Crippen LogP contribution in [-0.4, -0.2) is 49.0 Å². The number of hydrogen-bond acceptors (Lipinski definition) is 5. The summed E-state index contributed by atoms with van der Waals surface area (Å²) in [5, 5.41) is 6.63. The summed E-state index contributed by atoms with van der Waals surface area (Å²) in [4.78, 5) is 16.8. The average Bonchev–Trinajstić information content (AvgIpc) is 3.45. The highest BCUT2D eigenvalue weighted by Crippen LogP contribution is 2.38. The summed E-state index contributed by atoms with van der Waals surface area (Å²) in [5.41, 5.74) is 10.4. The molecule has 1 fully saturated rings. The lowest BCUT2D eigenvalue weighted by Crippen LogP contribution is -2.38. The second kappa shape index (κ2) is 10.0. The third kappa shape index (κ3) is 5.80. The van der Waals surface area contributed by atoms with Crippen LogP contribution in [-0.2, 0) is 16.6 Å².